The molecule has 1 N–H and O–H groups in total. The number of hydrogen-bond donors (Lipinski definition) is 1. The van der Waals surface area contributed by atoms with Gasteiger partial charge in [0.15, 0.2) is 0 Å². The van der Waals surface area contributed by atoms with Crippen molar-refractivity contribution in [2.24, 2.45) is 0 Å². The fraction of sp³-hybridized carbons (Fsp3) is 0.538. The lowest BCUT2D eigenvalue weighted by atomic mass is 9.84. The van der Waals surface area contributed by atoms with Gasteiger partial charge >= 0.3 is 0 Å². The standard InChI is InChI=1S/C13H17NO/c1-9-11-4-3-10(15-2)7-12(11)13(5-6-13)8-14-9/h3-4,7,9,14H,5-6,8H2,1-2H3. The van der Waals surface area contributed by atoms with E-state index < -0.39 is 0 Å². The molecule has 1 atom stereocenters. The fourth-order valence-corrected chi connectivity index (χ4v) is 2.65. The first-order chi connectivity index (χ1) is 7.25. The van der Waals surface area contributed by atoms with E-state index in [4.69, 9.17) is 4.74 Å². The summed E-state index contributed by atoms with van der Waals surface area (Å²) >= 11 is 0. The lowest BCUT2D eigenvalue weighted by molar-refractivity contribution is 0.409. The Morgan fingerprint density at radius 3 is 2.87 bits per heavy atom. The highest BCUT2D eigenvalue weighted by molar-refractivity contribution is 5.47. The molecule has 3 rings (SSSR count). The van der Waals surface area contributed by atoms with Crippen molar-refractivity contribution in [2.45, 2.75) is 31.2 Å². The topological polar surface area (TPSA) is 21.3 Å². The van der Waals surface area contributed by atoms with E-state index in [2.05, 4.69) is 30.4 Å². The van der Waals surface area contributed by atoms with Gasteiger partial charge in [-0.25, -0.2) is 0 Å². The zero-order valence-corrected chi connectivity index (χ0v) is 9.34. The Morgan fingerprint density at radius 1 is 1.40 bits per heavy atom. The average molecular weight is 203 g/mol. The highest BCUT2D eigenvalue weighted by atomic mass is 16.5. The Hall–Kier alpha value is -1.02. The number of hydrogen-bond acceptors (Lipinski definition) is 2. The lowest BCUT2D eigenvalue weighted by Crippen LogP contribution is -2.36. The number of rotatable bonds is 1. The summed E-state index contributed by atoms with van der Waals surface area (Å²) in [6.07, 6.45) is 2.65. The molecule has 1 saturated carbocycles. The van der Waals surface area contributed by atoms with E-state index in [9.17, 15) is 0 Å². The van der Waals surface area contributed by atoms with Crippen LogP contribution >= 0.6 is 0 Å². The van der Waals surface area contributed by atoms with E-state index in [0.717, 1.165) is 12.3 Å². The predicted octanol–water partition coefficient (Wildman–Crippen LogP) is 2.39. The first kappa shape index (κ1) is 9.22. The molecule has 0 amide bonds. The van der Waals surface area contributed by atoms with Crippen molar-refractivity contribution in [3.8, 4) is 5.75 Å². The molecule has 1 fully saturated rings. The predicted molar refractivity (Wildman–Crippen MR) is 60.3 cm³/mol. The molecule has 80 valence electrons. The van der Waals surface area contributed by atoms with Crippen molar-refractivity contribution in [1.82, 2.24) is 5.32 Å². The summed E-state index contributed by atoms with van der Waals surface area (Å²) in [6.45, 7) is 3.37. The van der Waals surface area contributed by atoms with Crippen LogP contribution in [0.5, 0.6) is 5.75 Å². The van der Waals surface area contributed by atoms with Gasteiger partial charge in [-0.2, -0.15) is 0 Å². The molecule has 0 aromatic heterocycles. The van der Waals surface area contributed by atoms with Crippen LogP contribution in [0.4, 0.5) is 0 Å². The number of methoxy groups -OCH3 is 1. The van der Waals surface area contributed by atoms with E-state index in [1.807, 2.05) is 0 Å². The Kier molecular flexibility index (Phi) is 1.84. The molecular formula is C13H17NO. The summed E-state index contributed by atoms with van der Waals surface area (Å²) in [4.78, 5) is 0. The summed E-state index contributed by atoms with van der Waals surface area (Å²) in [7, 11) is 1.74. The van der Waals surface area contributed by atoms with Crippen molar-refractivity contribution in [2.75, 3.05) is 13.7 Å². The van der Waals surface area contributed by atoms with Gasteiger partial charge in [0, 0.05) is 18.0 Å². The molecule has 2 nitrogen and oxygen atoms in total. The molecule has 15 heavy (non-hydrogen) atoms. The van der Waals surface area contributed by atoms with Crippen molar-refractivity contribution < 1.29 is 4.74 Å². The molecule has 1 aromatic carbocycles. The molecule has 1 aliphatic heterocycles. The van der Waals surface area contributed by atoms with E-state index in [0.29, 0.717) is 11.5 Å². The van der Waals surface area contributed by atoms with Crippen molar-refractivity contribution in [1.29, 1.82) is 0 Å². The Morgan fingerprint density at radius 2 is 2.20 bits per heavy atom. The first-order valence-electron chi connectivity index (χ1n) is 5.67. The second-order valence-corrected chi connectivity index (χ2v) is 4.84. The van der Waals surface area contributed by atoms with E-state index in [-0.39, 0.29) is 0 Å². The molecular weight excluding hydrogens is 186 g/mol. The molecule has 1 spiro atoms. The highest BCUT2D eigenvalue weighted by Crippen LogP contribution is 2.52. The number of ether oxygens (including phenoxy) is 1. The molecule has 1 unspecified atom stereocenters. The minimum absolute atomic E-state index is 0.441. The van der Waals surface area contributed by atoms with Crippen LogP contribution < -0.4 is 10.1 Å². The summed E-state index contributed by atoms with van der Waals surface area (Å²) in [5.74, 6) is 0.995. The van der Waals surface area contributed by atoms with E-state index >= 15 is 0 Å². The average Bonchev–Trinajstić information content (AvgIpc) is 3.05. The monoisotopic (exact) mass is 203 g/mol. The minimum Gasteiger partial charge on any atom is -0.497 e. The Balaban J connectivity index is 2.12. The van der Waals surface area contributed by atoms with Crippen LogP contribution in [0.15, 0.2) is 18.2 Å². The Labute approximate surface area is 90.6 Å². The summed E-state index contributed by atoms with van der Waals surface area (Å²) in [5.41, 5.74) is 3.42. The van der Waals surface area contributed by atoms with Crippen LogP contribution in [0.1, 0.15) is 36.9 Å². The zero-order chi connectivity index (χ0) is 10.5. The maximum absolute atomic E-state index is 5.32. The van der Waals surface area contributed by atoms with E-state index in [1.54, 1.807) is 7.11 Å². The lowest BCUT2D eigenvalue weighted by Gasteiger charge is -2.31. The van der Waals surface area contributed by atoms with Crippen LogP contribution in [-0.2, 0) is 5.41 Å². The third-order valence-electron chi connectivity index (χ3n) is 3.90. The van der Waals surface area contributed by atoms with Gasteiger partial charge in [-0.15, -0.1) is 0 Å². The molecule has 1 aliphatic carbocycles. The van der Waals surface area contributed by atoms with Gasteiger partial charge in [-0.3, -0.25) is 0 Å². The molecule has 0 bridgehead atoms. The third-order valence-corrected chi connectivity index (χ3v) is 3.90. The molecule has 1 heterocycles. The zero-order valence-electron chi connectivity index (χ0n) is 9.34. The van der Waals surface area contributed by atoms with Crippen LogP contribution in [0.2, 0.25) is 0 Å². The summed E-state index contributed by atoms with van der Waals surface area (Å²) in [6, 6.07) is 7.00. The Bertz CT molecular complexity index is 396. The molecule has 2 aliphatic rings. The van der Waals surface area contributed by atoms with Crippen molar-refractivity contribution in [3.63, 3.8) is 0 Å². The van der Waals surface area contributed by atoms with Gasteiger partial charge in [0.1, 0.15) is 5.75 Å². The van der Waals surface area contributed by atoms with Gasteiger partial charge in [-0.05, 0) is 43.0 Å². The normalized spacial score (nSPS) is 26.1. The minimum atomic E-state index is 0.441. The number of benzene rings is 1. The summed E-state index contributed by atoms with van der Waals surface area (Å²) < 4.78 is 5.32. The third kappa shape index (κ3) is 1.28. The quantitative estimate of drug-likeness (QED) is 0.756. The van der Waals surface area contributed by atoms with Crippen LogP contribution in [0.25, 0.3) is 0 Å². The summed E-state index contributed by atoms with van der Waals surface area (Å²) in [5, 5.41) is 3.59. The maximum atomic E-state index is 5.32. The van der Waals surface area contributed by atoms with Crippen LogP contribution in [-0.4, -0.2) is 13.7 Å². The molecule has 0 saturated heterocycles. The van der Waals surface area contributed by atoms with Crippen LogP contribution in [0, 0.1) is 0 Å². The maximum Gasteiger partial charge on any atom is 0.119 e. The molecule has 1 aromatic rings. The fourth-order valence-electron chi connectivity index (χ4n) is 2.65. The first-order valence-corrected chi connectivity index (χ1v) is 5.67. The van der Waals surface area contributed by atoms with Crippen molar-refractivity contribution in [3.05, 3.63) is 29.3 Å². The molecule has 2 heteroatoms. The SMILES string of the molecule is COc1ccc2c(c1)C1(CC1)CNC2C. The van der Waals surface area contributed by atoms with Gasteiger partial charge in [-0.1, -0.05) is 6.07 Å². The second-order valence-electron chi connectivity index (χ2n) is 4.84. The second kappa shape index (κ2) is 2.99. The van der Waals surface area contributed by atoms with Gasteiger partial charge in [0.2, 0.25) is 0 Å². The largest absolute Gasteiger partial charge is 0.497 e. The van der Waals surface area contributed by atoms with Gasteiger partial charge in [0.25, 0.3) is 0 Å². The molecule has 0 radical (unpaired) electrons. The van der Waals surface area contributed by atoms with Crippen molar-refractivity contribution >= 4 is 0 Å². The number of fused-ring (bicyclic) bond motifs is 2. The highest BCUT2D eigenvalue weighted by Gasteiger charge is 2.48. The smallest absolute Gasteiger partial charge is 0.119 e. The van der Waals surface area contributed by atoms with Gasteiger partial charge < -0.3 is 10.1 Å². The van der Waals surface area contributed by atoms with Gasteiger partial charge in [0.05, 0.1) is 7.11 Å². The van der Waals surface area contributed by atoms with E-state index in [1.165, 1.54) is 24.0 Å². The number of nitrogens with one attached hydrogen (secondary N) is 1. The van der Waals surface area contributed by atoms with Crippen LogP contribution in [0.3, 0.4) is 0 Å².